The monoisotopic (exact) mass is 438 g/mol. The Hall–Kier alpha value is -2.29. The van der Waals surface area contributed by atoms with Crippen molar-refractivity contribution in [2.24, 2.45) is 0 Å². The van der Waals surface area contributed by atoms with Crippen LogP contribution < -0.4 is 0 Å². The molecule has 0 saturated carbocycles. The van der Waals surface area contributed by atoms with Crippen molar-refractivity contribution < 1.29 is 15.0 Å². The second-order valence-electron chi connectivity index (χ2n) is 9.05. The molecule has 0 fully saturated rings. The Morgan fingerprint density at radius 2 is 1.44 bits per heavy atom. The van der Waals surface area contributed by atoms with Gasteiger partial charge >= 0.3 is 5.97 Å². The summed E-state index contributed by atoms with van der Waals surface area (Å²) in [5.41, 5.74) is 3.68. The Bertz CT molecular complexity index is 812. The third-order valence-corrected chi connectivity index (χ3v) is 6.48. The van der Waals surface area contributed by atoms with Gasteiger partial charge in [0.25, 0.3) is 0 Å². The molecule has 0 aromatic heterocycles. The summed E-state index contributed by atoms with van der Waals surface area (Å²) in [5.74, 6) is -1.08. The Kier molecular flexibility index (Phi) is 11.9. The van der Waals surface area contributed by atoms with E-state index in [0.717, 1.165) is 24.8 Å². The van der Waals surface area contributed by atoms with Gasteiger partial charge in [-0.25, -0.2) is 4.79 Å². The summed E-state index contributed by atoms with van der Waals surface area (Å²) in [6, 6.07) is 13.8. The van der Waals surface area contributed by atoms with Gasteiger partial charge in [-0.05, 0) is 48.1 Å². The zero-order valence-corrected chi connectivity index (χ0v) is 20.1. The van der Waals surface area contributed by atoms with Crippen molar-refractivity contribution >= 4 is 5.97 Å². The van der Waals surface area contributed by atoms with Crippen LogP contribution in [0.25, 0.3) is 0 Å². The number of unbranched alkanes of at least 4 members (excludes halogenated alkanes) is 9. The van der Waals surface area contributed by atoms with E-state index < -0.39 is 5.97 Å². The molecule has 1 atom stereocenters. The van der Waals surface area contributed by atoms with E-state index in [2.05, 4.69) is 38.1 Å². The molecular weight excluding hydrogens is 396 g/mol. The molecule has 0 spiro atoms. The van der Waals surface area contributed by atoms with Gasteiger partial charge in [0, 0.05) is 5.92 Å². The number of benzene rings is 2. The van der Waals surface area contributed by atoms with Gasteiger partial charge in [0.05, 0.1) is 0 Å². The molecule has 0 aliphatic heterocycles. The normalized spacial score (nSPS) is 12.1. The molecule has 32 heavy (non-hydrogen) atoms. The predicted molar refractivity (Wildman–Crippen MR) is 134 cm³/mol. The number of carboxylic acid groups (broad SMARTS) is 1. The molecule has 2 aromatic rings. The first-order valence-corrected chi connectivity index (χ1v) is 12.7. The number of carbonyl (C=O) groups is 1. The quantitative estimate of drug-likeness (QED) is 0.258. The lowest BCUT2D eigenvalue weighted by Gasteiger charge is -2.22. The van der Waals surface area contributed by atoms with Crippen molar-refractivity contribution in [3.8, 4) is 5.75 Å². The summed E-state index contributed by atoms with van der Waals surface area (Å²) >= 11 is 0. The Morgan fingerprint density at radius 3 is 2.12 bits per heavy atom. The molecule has 0 saturated heterocycles. The van der Waals surface area contributed by atoms with Crippen molar-refractivity contribution in [1.82, 2.24) is 0 Å². The summed E-state index contributed by atoms with van der Waals surface area (Å²) in [6.45, 7) is 4.48. The Morgan fingerprint density at radius 1 is 0.812 bits per heavy atom. The van der Waals surface area contributed by atoms with Gasteiger partial charge in [-0.3, -0.25) is 0 Å². The van der Waals surface area contributed by atoms with Gasteiger partial charge in [-0.15, -0.1) is 0 Å². The Labute approximate surface area is 194 Å². The first-order chi connectivity index (χ1) is 15.6. The van der Waals surface area contributed by atoms with Crippen LogP contribution in [0.2, 0.25) is 0 Å². The van der Waals surface area contributed by atoms with Gasteiger partial charge in [0.15, 0.2) is 0 Å². The molecule has 176 valence electrons. The van der Waals surface area contributed by atoms with Crippen molar-refractivity contribution in [2.45, 2.75) is 103 Å². The Balaban J connectivity index is 2.22. The molecule has 1 unspecified atom stereocenters. The maximum absolute atomic E-state index is 11.6. The van der Waals surface area contributed by atoms with Crippen LogP contribution in [0.3, 0.4) is 0 Å². The number of hydrogen-bond acceptors (Lipinski definition) is 2. The summed E-state index contributed by atoms with van der Waals surface area (Å²) in [6.07, 6.45) is 15.8. The minimum Gasteiger partial charge on any atom is -0.507 e. The van der Waals surface area contributed by atoms with Crippen LogP contribution in [0.5, 0.6) is 5.75 Å². The van der Waals surface area contributed by atoms with Crippen molar-refractivity contribution in [3.05, 3.63) is 64.7 Å². The highest BCUT2D eigenvalue weighted by molar-refractivity contribution is 5.91. The second kappa shape index (κ2) is 14.7. The molecule has 2 aromatic carbocycles. The van der Waals surface area contributed by atoms with Crippen molar-refractivity contribution in [2.75, 3.05) is 0 Å². The van der Waals surface area contributed by atoms with Gasteiger partial charge in [0.2, 0.25) is 0 Å². The highest BCUT2D eigenvalue weighted by atomic mass is 16.4. The molecular formula is C29H42O3. The number of aromatic carboxylic acids is 1. The minimum absolute atomic E-state index is 0.00751. The molecule has 0 radical (unpaired) electrons. The maximum atomic E-state index is 11.6. The largest absolute Gasteiger partial charge is 0.507 e. The third kappa shape index (κ3) is 8.33. The van der Waals surface area contributed by atoms with E-state index in [1.54, 1.807) is 12.1 Å². The average Bonchev–Trinajstić information content (AvgIpc) is 2.79. The number of aromatic hydroxyl groups is 1. The number of aryl methyl sites for hydroxylation is 1. The van der Waals surface area contributed by atoms with E-state index in [0.29, 0.717) is 0 Å². The minimum atomic E-state index is -1.08. The van der Waals surface area contributed by atoms with Crippen LogP contribution in [0.1, 0.15) is 124 Å². The van der Waals surface area contributed by atoms with Crippen LogP contribution in [-0.2, 0) is 6.42 Å². The standard InChI is InChI=1S/C29H42O3/c1-3-5-7-9-11-12-16-23-17-14-15-19-25(23)26(18-13-10-8-6-4-2)24-20-21-28(30)27(22-24)29(31)32/h14-15,17,19-22,26,30H,3-13,16,18H2,1-2H3,(H,31,32). The van der Waals surface area contributed by atoms with Gasteiger partial charge in [-0.2, -0.15) is 0 Å². The molecule has 0 aliphatic carbocycles. The highest BCUT2D eigenvalue weighted by Gasteiger charge is 2.20. The number of carboxylic acids is 1. The van der Waals surface area contributed by atoms with Crippen LogP contribution in [0.4, 0.5) is 0 Å². The SMILES string of the molecule is CCCCCCCCc1ccccc1C(CCCCCCC)c1ccc(O)c(C(=O)O)c1. The van der Waals surface area contributed by atoms with Crippen LogP contribution in [0, 0.1) is 0 Å². The van der Waals surface area contributed by atoms with Crippen molar-refractivity contribution in [3.63, 3.8) is 0 Å². The third-order valence-electron chi connectivity index (χ3n) is 6.48. The van der Waals surface area contributed by atoms with Crippen LogP contribution in [-0.4, -0.2) is 16.2 Å². The summed E-state index contributed by atoms with van der Waals surface area (Å²) < 4.78 is 0. The topological polar surface area (TPSA) is 57.5 Å². The summed E-state index contributed by atoms with van der Waals surface area (Å²) in [5, 5.41) is 19.5. The fourth-order valence-electron chi connectivity index (χ4n) is 4.59. The molecule has 2 rings (SSSR count). The molecule has 3 heteroatoms. The van der Waals surface area contributed by atoms with Crippen molar-refractivity contribution in [1.29, 1.82) is 0 Å². The second-order valence-corrected chi connectivity index (χ2v) is 9.05. The van der Waals surface area contributed by atoms with Crippen LogP contribution >= 0.6 is 0 Å². The van der Waals surface area contributed by atoms with E-state index in [1.807, 2.05) is 6.07 Å². The van der Waals surface area contributed by atoms with Crippen LogP contribution in [0.15, 0.2) is 42.5 Å². The lowest BCUT2D eigenvalue weighted by molar-refractivity contribution is 0.0693. The first kappa shape index (κ1) is 26.0. The van der Waals surface area contributed by atoms with E-state index in [9.17, 15) is 15.0 Å². The fourth-order valence-corrected chi connectivity index (χ4v) is 4.59. The van der Waals surface area contributed by atoms with E-state index in [4.69, 9.17) is 0 Å². The smallest absolute Gasteiger partial charge is 0.339 e. The molecule has 0 amide bonds. The fraction of sp³-hybridized carbons (Fsp3) is 0.552. The average molecular weight is 439 g/mol. The molecule has 3 nitrogen and oxygen atoms in total. The first-order valence-electron chi connectivity index (χ1n) is 12.7. The van der Waals surface area contributed by atoms with Gasteiger partial charge < -0.3 is 10.2 Å². The molecule has 0 heterocycles. The van der Waals surface area contributed by atoms with E-state index >= 15 is 0 Å². The molecule has 0 aliphatic rings. The van der Waals surface area contributed by atoms with Gasteiger partial charge in [0.1, 0.15) is 11.3 Å². The summed E-state index contributed by atoms with van der Waals surface area (Å²) in [4.78, 5) is 11.6. The lowest BCUT2D eigenvalue weighted by Crippen LogP contribution is -2.07. The highest BCUT2D eigenvalue weighted by Crippen LogP contribution is 2.35. The number of phenols is 1. The zero-order chi connectivity index (χ0) is 23.2. The lowest BCUT2D eigenvalue weighted by atomic mass is 9.82. The molecule has 0 bridgehead atoms. The van der Waals surface area contributed by atoms with Gasteiger partial charge in [-0.1, -0.05) is 108 Å². The summed E-state index contributed by atoms with van der Waals surface area (Å²) in [7, 11) is 0. The number of hydrogen-bond donors (Lipinski definition) is 2. The maximum Gasteiger partial charge on any atom is 0.339 e. The number of rotatable bonds is 16. The molecule has 2 N–H and O–H groups in total. The van der Waals surface area contributed by atoms with E-state index in [1.165, 1.54) is 75.3 Å². The van der Waals surface area contributed by atoms with E-state index in [-0.39, 0.29) is 17.2 Å². The predicted octanol–water partition coefficient (Wildman–Crippen LogP) is 8.49. The zero-order valence-electron chi connectivity index (χ0n) is 20.1.